The number of rotatable bonds is 7. The molecule has 0 aromatic rings. The maximum Gasteiger partial charge on any atom is 1.00 e. The van der Waals surface area contributed by atoms with E-state index in [0.717, 1.165) is 0 Å². The summed E-state index contributed by atoms with van der Waals surface area (Å²) in [5.74, 6) is -7.32. The summed E-state index contributed by atoms with van der Waals surface area (Å²) in [6, 6.07) is 0. The van der Waals surface area contributed by atoms with Crippen molar-refractivity contribution in [3.63, 3.8) is 0 Å². The van der Waals surface area contributed by atoms with Gasteiger partial charge in [0, 0.05) is 29.7 Å². The Kier molecular flexibility index (Phi) is 25.7. The predicted octanol–water partition coefficient (Wildman–Crippen LogP) is -14.9. The van der Waals surface area contributed by atoms with Gasteiger partial charge in [0.15, 0.2) is 5.60 Å². The summed E-state index contributed by atoms with van der Waals surface area (Å²) in [5, 5.41) is 55.6. The number of aliphatic carboxylic acids is 4. The molecule has 0 aromatic carbocycles. The van der Waals surface area contributed by atoms with Crippen LogP contribution in [0.3, 0.4) is 0 Å². The van der Waals surface area contributed by atoms with E-state index < -0.39 is 53.8 Å². The second-order valence-corrected chi connectivity index (χ2v) is 3.30. The van der Waals surface area contributed by atoms with Crippen LogP contribution in [0.25, 0.3) is 0 Å². The number of carboxylic acid groups (broad SMARTS) is 4. The van der Waals surface area contributed by atoms with Gasteiger partial charge in [-0.2, -0.15) is 0 Å². The van der Waals surface area contributed by atoms with Gasteiger partial charge in [0.05, 0.1) is 0 Å². The number of carboxylic acids is 4. The van der Waals surface area contributed by atoms with Crippen LogP contribution in [0.2, 0.25) is 0 Å². The standard InChI is InChI=1S/C6H8O7.C2H3NO4.3Na/c7-3(8)1-6(13,5(11)12)2-4(9)10;4-2(5)1-3(6)7;;;/h13H,1-2H2,(H,7,8)(H,9,10)(H,11,12);1H2,(H,4,5);;;/q;;3*+1/p-3. The van der Waals surface area contributed by atoms with Gasteiger partial charge in [-0.25, -0.2) is 4.79 Å². The average Bonchev–Trinajstić information content (AvgIpc) is 2.12. The zero-order valence-electron chi connectivity index (χ0n) is 12.6. The Morgan fingerprint density at radius 1 is 0.870 bits per heavy atom. The summed E-state index contributed by atoms with van der Waals surface area (Å²) in [6.45, 7) is -1.11. The Morgan fingerprint density at radius 3 is 1.26 bits per heavy atom. The molecule has 0 unspecified atom stereocenters. The summed E-state index contributed by atoms with van der Waals surface area (Å²) in [7, 11) is 0. The molecule has 0 aliphatic heterocycles. The summed E-state index contributed by atoms with van der Waals surface area (Å²) >= 11 is 0. The first-order chi connectivity index (χ1) is 8.90. The molecule has 0 aliphatic rings. The number of hydrogen-bond donors (Lipinski definition) is 2. The van der Waals surface area contributed by atoms with E-state index in [1.54, 1.807) is 0 Å². The Hall–Kier alpha value is 0.240. The Bertz CT molecular complexity index is 399. The fourth-order valence-corrected chi connectivity index (χ4v) is 0.797. The molecule has 0 saturated carbocycles. The first-order valence-corrected chi connectivity index (χ1v) is 4.58. The van der Waals surface area contributed by atoms with E-state index in [4.69, 9.17) is 10.2 Å². The Morgan fingerprint density at radius 2 is 1.17 bits per heavy atom. The van der Waals surface area contributed by atoms with E-state index >= 15 is 0 Å². The van der Waals surface area contributed by atoms with Crippen molar-refractivity contribution in [2.24, 2.45) is 0 Å². The molecule has 0 rings (SSSR count). The third-order valence-corrected chi connectivity index (χ3v) is 1.53. The predicted molar refractivity (Wildman–Crippen MR) is 48.7 cm³/mol. The van der Waals surface area contributed by atoms with Crippen LogP contribution < -0.4 is 104 Å². The number of carbonyl (C=O) groups excluding carboxylic acids is 3. The molecule has 0 bridgehead atoms. The molecule has 0 amide bonds. The minimum absolute atomic E-state index is 0. The van der Waals surface area contributed by atoms with Gasteiger partial charge in [-0.3, -0.25) is 10.1 Å². The SMILES string of the molecule is O=C([O-])CC(O)(CC(=O)[O-])C(=O)O.O=C([O-])C[N+](=O)[O-].[Na+].[Na+].[Na+]. The Balaban J connectivity index is -0.0000000945. The second kappa shape index (κ2) is 17.1. The molecule has 0 aromatic heterocycles. The zero-order valence-corrected chi connectivity index (χ0v) is 18.6. The molecule has 0 heterocycles. The number of nitrogens with zero attached hydrogens (tertiary/aromatic N) is 1. The van der Waals surface area contributed by atoms with Gasteiger partial charge in [-0.05, 0) is 0 Å². The van der Waals surface area contributed by atoms with Crippen LogP contribution >= 0.6 is 0 Å². The fourth-order valence-electron chi connectivity index (χ4n) is 0.797. The van der Waals surface area contributed by atoms with Crippen molar-refractivity contribution in [1.82, 2.24) is 0 Å². The van der Waals surface area contributed by atoms with E-state index in [1.165, 1.54) is 0 Å². The quantitative estimate of drug-likeness (QED) is 0.245. The molecule has 0 radical (unpaired) electrons. The number of aliphatic hydroxyl groups is 1. The van der Waals surface area contributed by atoms with Crippen molar-refractivity contribution in [2.75, 3.05) is 6.54 Å². The number of nitro groups is 1. The van der Waals surface area contributed by atoms with E-state index in [9.17, 15) is 44.6 Å². The third-order valence-electron chi connectivity index (χ3n) is 1.53. The molecule has 15 heteroatoms. The van der Waals surface area contributed by atoms with E-state index in [2.05, 4.69) is 0 Å². The topological polar surface area (TPSA) is 221 Å². The minimum atomic E-state index is -2.86. The monoisotopic (exact) mass is 363 g/mol. The first-order valence-electron chi connectivity index (χ1n) is 4.58. The summed E-state index contributed by atoms with van der Waals surface area (Å²) in [4.78, 5) is 47.7. The number of carbonyl (C=O) groups is 4. The normalized spacial score (nSPS) is 8.57. The van der Waals surface area contributed by atoms with Crippen LogP contribution in [-0.4, -0.2) is 51.2 Å². The molecule has 0 aliphatic carbocycles. The van der Waals surface area contributed by atoms with Crippen LogP contribution in [0.5, 0.6) is 0 Å². The summed E-state index contributed by atoms with van der Waals surface area (Å²) < 4.78 is 0. The van der Waals surface area contributed by atoms with E-state index in [0.29, 0.717) is 0 Å². The molecule has 0 saturated heterocycles. The van der Waals surface area contributed by atoms with Crippen LogP contribution in [0, 0.1) is 10.1 Å². The molecule has 23 heavy (non-hydrogen) atoms. The zero-order chi connectivity index (χ0) is 16.5. The van der Waals surface area contributed by atoms with Gasteiger partial charge in [-0.15, -0.1) is 0 Å². The van der Waals surface area contributed by atoms with Gasteiger partial charge in [-0.1, -0.05) is 0 Å². The van der Waals surface area contributed by atoms with Crippen molar-refractivity contribution < 1.29 is 138 Å². The smallest absolute Gasteiger partial charge is 0.550 e. The van der Waals surface area contributed by atoms with Gasteiger partial charge in [0.1, 0.15) is 5.97 Å². The molecular formula is C8H8NNa3O11. The van der Waals surface area contributed by atoms with Crippen LogP contribution in [0.15, 0.2) is 0 Å². The molecule has 12 nitrogen and oxygen atoms in total. The molecule has 2 N–H and O–H groups in total. The van der Waals surface area contributed by atoms with Gasteiger partial charge < -0.3 is 39.9 Å². The largest absolute Gasteiger partial charge is 1.00 e. The molecular weight excluding hydrogens is 355 g/mol. The second-order valence-electron chi connectivity index (χ2n) is 3.30. The summed E-state index contributed by atoms with van der Waals surface area (Å²) in [6.07, 6.45) is -2.59. The first kappa shape index (κ1) is 34.6. The van der Waals surface area contributed by atoms with Gasteiger partial charge in [0.25, 0.3) is 0 Å². The maximum absolute atomic E-state index is 10.3. The Labute approximate surface area is 195 Å². The van der Waals surface area contributed by atoms with E-state index in [-0.39, 0.29) is 88.7 Å². The van der Waals surface area contributed by atoms with Crippen molar-refractivity contribution in [1.29, 1.82) is 0 Å². The third kappa shape index (κ3) is 22.2. The van der Waals surface area contributed by atoms with Crippen molar-refractivity contribution in [3.05, 3.63) is 10.1 Å². The van der Waals surface area contributed by atoms with Crippen molar-refractivity contribution >= 4 is 23.9 Å². The van der Waals surface area contributed by atoms with E-state index in [1.807, 2.05) is 0 Å². The molecule has 114 valence electrons. The molecule has 0 atom stereocenters. The van der Waals surface area contributed by atoms with Gasteiger partial charge in [0.2, 0.25) is 6.54 Å². The van der Waals surface area contributed by atoms with Crippen LogP contribution in [-0.2, 0) is 19.2 Å². The maximum atomic E-state index is 10.3. The van der Waals surface area contributed by atoms with Crippen molar-refractivity contribution in [2.45, 2.75) is 18.4 Å². The minimum Gasteiger partial charge on any atom is -0.550 e. The molecule has 0 fully saturated rings. The van der Waals surface area contributed by atoms with Gasteiger partial charge >= 0.3 is 94.6 Å². The summed E-state index contributed by atoms with van der Waals surface area (Å²) in [5.41, 5.74) is -2.86. The number of hydrogen-bond acceptors (Lipinski definition) is 10. The average molecular weight is 363 g/mol. The fraction of sp³-hybridized carbons (Fsp3) is 0.500. The van der Waals surface area contributed by atoms with Crippen LogP contribution in [0.4, 0.5) is 0 Å². The molecule has 0 spiro atoms. The van der Waals surface area contributed by atoms with Crippen LogP contribution in [0.1, 0.15) is 12.8 Å². The van der Waals surface area contributed by atoms with Crippen molar-refractivity contribution in [3.8, 4) is 0 Å².